The minimum absolute atomic E-state index is 0.0168. The third-order valence-corrected chi connectivity index (χ3v) is 6.76. The monoisotopic (exact) mass is 418 g/mol. The van der Waals surface area contributed by atoms with E-state index in [1.807, 2.05) is 6.92 Å². The zero-order chi connectivity index (χ0) is 19.9. The van der Waals surface area contributed by atoms with Gasteiger partial charge in [0.15, 0.2) is 9.84 Å². The summed E-state index contributed by atoms with van der Waals surface area (Å²) >= 11 is 6.22. The Labute approximate surface area is 166 Å². The third-order valence-electron chi connectivity index (χ3n) is 4.82. The number of hydrogen-bond acceptors (Lipinski definition) is 4. The molecule has 1 saturated heterocycles. The van der Waals surface area contributed by atoms with Gasteiger partial charge in [-0.2, -0.15) is 0 Å². The molecule has 1 fully saturated rings. The topological polar surface area (TPSA) is 66.5 Å². The molecule has 1 heterocycles. The van der Waals surface area contributed by atoms with Gasteiger partial charge in [0.05, 0.1) is 11.8 Å². The van der Waals surface area contributed by atoms with Crippen LogP contribution in [-0.4, -0.2) is 50.4 Å². The fourth-order valence-corrected chi connectivity index (χ4v) is 4.98. The van der Waals surface area contributed by atoms with Crippen molar-refractivity contribution in [1.82, 2.24) is 10.2 Å². The standard InChI is InChI=1S/C19H28ClFN2O3S/c1-2-3-6-12-27(25,26)14-18(24)22-13-17(23-10-4-5-11-23)19-15(20)8-7-9-16(19)21/h7-9,17H,2-6,10-14H2,1H3,(H,22,24). The van der Waals surface area contributed by atoms with Gasteiger partial charge in [0.25, 0.3) is 0 Å². The predicted octanol–water partition coefficient (Wildman–Crippen LogP) is 3.34. The number of unbranched alkanes of at least 4 members (excludes halogenated alkanes) is 2. The lowest BCUT2D eigenvalue weighted by Crippen LogP contribution is -2.39. The van der Waals surface area contributed by atoms with Gasteiger partial charge in [-0.25, -0.2) is 12.8 Å². The van der Waals surface area contributed by atoms with Crippen LogP contribution in [0, 0.1) is 5.82 Å². The molecule has 0 radical (unpaired) electrons. The smallest absolute Gasteiger partial charge is 0.235 e. The van der Waals surface area contributed by atoms with E-state index in [1.54, 1.807) is 12.1 Å². The van der Waals surface area contributed by atoms with Crippen LogP contribution in [0.1, 0.15) is 50.6 Å². The van der Waals surface area contributed by atoms with Crippen LogP contribution in [0.15, 0.2) is 18.2 Å². The Morgan fingerprint density at radius 1 is 1.30 bits per heavy atom. The molecule has 5 nitrogen and oxygen atoms in total. The molecule has 1 aromatic carbocycles. The van der Waals surface area contributed by atoms with Crippen LogP contribution in [0.3, 0.4) is 0 Å². The summed E-state index contributed by atoms with van der Waals surface area (Å²) < 4.78 is 38.5. The highest BCUT2D eigenvalue weighted by atomic mass is 35.5. The van der Waals surface area contributed by atoms with Crippen LogP contribution in [0.2, 0.25) is 5.02 Å². The number of carbonyl (C=O) groups excluding carboxylic acids is 1. The van der Waals surface area contributed by atoms with Crippen LogP contribution < -0.4 is 5.32 Å². The van der Waals surface area contributed by atoms with E-state index in [-0.39, 0.29) is 12.3 Å². The number of benzene rings is 1. The van der Waals surface area contributed by atoms with Crippen LogP contribution in [-0.2, 0) is 14.6 Å². The molecule has 27 heavy (non-hydrogen) atoms. The quantitative estimate of drug-likeness (QED) is 0.592. The van der Waals surface area contributed by atoms with E-state index in [1.165, 1.54) is 6.07 Å². The van der Waals surface area contributed by atoms with Crippen LogP contribution in [0.5, 0.6) is 0 Å². The zero-order valence-electron chi connectivity index (χ0n) is 15.7. The Hall–Kier alpha value is -1.18. The van der Waals surface area contributed by atoms with E-state index in [0.29, 0.717) is 17.0 Å². The predicted molar refractivity (Wildman–Crippen MR) is 106 cm³/mol. The Morgan fingerprint density at radius 2 is 2.00 bits per heavy atom. The van der Waals surface area contributed by atoms with Gasteiger partial charge in [0, 0.05) is 17.1 Å². The van der Waals surface area contributed by atoms with Crippen molar-refractivity contribution in [2.24, 2.45) is 0 Å². The molecule has 1 aromatic rings. The number of likely N-dealkylation sites (tertiary alicyclic amines) is 1. The summed E-state index contributed by atoms with van der Waals surface area (Å²) in [5.74, 6) is -1.48. The maximum absolute atomic E-state index is 14.4. The summed E-state index contributed by atoms with van der Waals surface area (Å²) in [5.41, 5.74) is 0.354. The van der Waals surface area contributed by atoms with E-state index in [2.05, 4.69) is 10.2 Å². The molecule has 0 bridgehead atoms. The minimum atomic E-state index is -3.43. The van der Waals surface area contributed by atoms with Crippen LogP contribution in [0.25, 0.3) is 0 Å². The second kappa shape index (κ2) is 10.4. The van der Waals surface area contributed by atoms with Crippen molar-refractivity contribution in [3.8, 4) is 0 Å². The summed E-state index contributed by atoms with van der Waals surface area (Å²) in [6.45, 7) is 3.71. The van der Waals surface area contributed by atoms with Crippen molar-refractivity contribution < 1.29 is 17.6 Å². The van der Waals surface area contributed by atoms with Gasteiger partial charge in [0.1, 0.15) is 11.6 Å². The van der Waals surface area contributed by atoms with Crippen molar-refractivity contribution >= 4 is 27.3 Å². The fraction of sp³-hybridized carbons (Fsp3) is 0.632. The largest absolute Gasteiger partial charge is 0.353 e. The first-order valence-corrected chi connectivity index (χ1v) is 11.7. The summed E-state index contributed by atoms with van der Waals surface area (Å²) in [5, 5.41) is 2.99. The summed E-state index contributed by atoms with van der Waals surface area (Å²) in [6.07, 6.45) is 4.31. The number of nitrogens with zero attached hydrogens (tertiary/aromatic N) is 1. The SMILES string of the molecule is CCCCCS(=O)(=O)CC(=O)NCC(c1c(F)cccc1Cl)N1CCCC1. The Morgan fingerprint density at radius 3 is 2.63 bits per heavy atom. The maximum Gasteiger partial charge on any atom is 0.235 e. The molecule has 152 valence electrons. The molecule has 1 aliphatic rings. The van der Waals surface area contributed by atoms with E-state index in [9.17, 15) is 17.6 Å². The molecule has 2 rings (SSSR count). The van der Waals surface area contributed by atoms with Crippen molar-refractivity contribution in [3.63, 3.8) is 0 Å². The maximum atomic E-state index is 14.4. The van der Waals surface area contributed by atoms with Gasteiger partial charge in [0.2, 0.25) is 5.91 Å². The minimum Gasteiger partial charge on any atom is -0.353 e. The van der Waals surface area contributed by atoms with Gasteiger partial charge in [-0.3, -0.25) is 9.69 Å². The zero-order valence-corrected chi connectivity index (χ0v) is 17.3. The second-order valence-electron chi connectivity index (χ2n) is 7.00. The lowest BCUT2D eigenvalue weighted by atomic mass is 10.0. The number of carbonyl (C=O) groups is 1. The van der Waals surface area contributed by atoms with Gasteiger partial charge < -0.3 is 5.32 Å². The molecular formula is C19H28ClFN2O3S. The molecule has 0 spiro atoms. The molecule has 0 aromatic heterocycles. The van der Waals surface area contributed by atoms with Crippen molar-refractivity contribution in [2.75, 3.05) is 31.1 Å². The van der Waals surface area contributed by atoms with Crippen molar-refractivity contribution in [3.05, 3.63) is 34.6 Å². The van der Waals surface area contributed by atoms with E-state index in [4.69, 9.17) is 11.6 Å². The summed E-state index contributed by atoms with van der Waals surface area (Å²) in [7, 11) is -3.43. The number of amides is 1. The highest BCUT2D eigenvalue weighted by Crippen LogP contribution is 2.31. The first-order chi connectivity index (χ1) is 12.8. The first kappa shape index (κ1) is 22.1. The highest BCUT2D eigenvalue weighted by Gasteiger charge is 2.28. The summed E-state index contributed by atoms with van der Waals surface area (Å²) in [6, 6.07) is 4.12. The van der Waals surface area contributed by atoms with E-state index in [0.717, 1.165) is 38.8 Å². The fourth-order valence-electron chi connectivity index (χ4n) is 3.40. The molecule has 0 aliphatic carbocycles. The van der Waals surface area contributed by atoms with Gasteiger partial charge in [-0.15, -0.1) is 0 Å². The van der Waals surface area contributed by atoms with Crippen LogP contribution >= 0.6 is 11.6 Å². The van der Waals surface area contributed by atoms with Crippen molar-refractivity contribution in [2.45, 2.75) is 45.1 Å². The number of sulfone groups is 1. The molecule has 1 aliphatic heterocycles. The second-order valence-corrected chi connectivity index (χ2v) is 9.59. The van der Waals surface area contributed by atoms with Gasteiger partial charge >= 0.3 is 0 Å². The van der Waals surface area contributed by atoms with Crippen molar-refractivity contribution in [1.29, 1.82) is 0 Å². The molecule has 1 atom stereocenters. The average molecular weight is 419 g/mol. The molecule has 1 N–H and O–H groups in total. The average Bonchev–Trinajstić information content (AvgIpc) is 3.11. The highest BCUT2D eigenvalue weighted by molar-refractivity contribution is 7.92. The van der Waals surface area contributed by atoms with E-state index >= 15 is 0 Å². The van der Waals surface area contributed by atoms with Gasteiger partial charge in [-0.1, -0.05) is 37.4 Å². The number of hydrogen-bond donors (Lipinski definition) is 1. The number of rotatable bonds is 10. The third kappa shape index (κ3) is 6.73. The first-order valence-electron chi connectivity index (χ1n) is 9.49. The number of nitrogens with one attached hydrogen (secondary N) is 1. The molecule has 1 amide bonds. The number of halogens is 2. The van der Waals surface area contributed by atoms with Gasteiger partial charge in [-0.05, 0) is 44.5 Å². The Bertz CT molecular complexity index is 716. The molecule has 8 heteroatoms. The van der Waals surface area contributed by atoms with Crippen LogP contribution in [0.4, 0.5) is 4.39 Å². The Balaban J connectivity index is 2.03. The lowest BCUT2D eigenvalue weighted by Gasteiger charge is -2.29. The summed E-state index contributed by atoms with van der Waals surface area (Å²) in [4.78, 5) is 14.3. The Kier molecular flexibility index (Phi) is 8.51. The normalized spacial score (nSPS) is 16.4. The lowest BCUT2D eigenvalue weighted by molar-refractivity contribution is -0.118. The molecule has 0 saturated carbocycles. The van der Waals surface area contributed by atoms with E-state index < -0.39 is 33.4 Å². The molecule has 1 unspecified atom stereocenters. The molecular weight excluding hydrogens is 391 g/mol.